The topological polar surface area (TPSA) is 63.4 Å². The number of rotatable bonds is 6. The van der Waals surface area contributed by atoms with E-state index >= 15 is 0 Å². The summed E-state index contributed by atoms with van der Waals surface area (Å²) in [4.78, 5) is 2.40. The molecule has 1 aromatic carbocycles. The summed E-state index contributed by atoms with van der Waals surface area (Å²) in [5.74, 6) is 0. The van der Waals surface area contributed by atoms with E-state index in [4.69, 9.17) is 5.14 Å². The van der Waals surface area contributed by atoms with E-state index in [1.54, 1.807) is 12.1 Å². The van der Waals surface area contributed by atoms with Crippen LogP contribution in [0.5, 0.6) is 0 Å². The van der Waals surface area contributed by atoms with Crippen molar-refractivity contribution in [3.63, 3.8) is 0 Å². The number of nitrogens with zero attached hydrogens (tertiary/aromatic N) is 1. The normalized spacial score (nSPS) is 13.3. The van der Waals surface area contributed by atoms with E-state index in [-0.39, 0.29) is 4.90 Å². The number of anilines is 1. The second-order valence-corrected chi connectivity index (χ2v) is 8.72. The summed E-state index contributed by atoms with van der Waals surface area (Å²) in [6.07, 6.45) is 0. The van der Waals surface area contributed by atoms with Crippen LogP contribution in [0.4, 0.5) is 5.69 Å². The zero-order chi connectivity index (χ0) is 13.8. The Hall–Kier alpha value is 0.390. The first kappa shape index (κ1) is 16.4. The Morgan fingerprint density at radius 3 is 2.28 bits per heavy atom. The summed E-state index contributed by atoms with van der Waals surface area (Å²) < 4.78 is 23.9. The molecule has 0 aliphatic rings. The van der Waals surface area contributed by atoms with Crippen LogP contribution < -0.4 is 10.0 Å². The van der Waals surface area contributed by atoms with Gasteiger partial charge in [0.25, 0.3) is 0 Å². The average molecular weight is 494 g/mol. The second-order valence-electron chi connectivity index (χ2n) is 3.95. The van der Waals surface area contributed by atoms with Gasteiger partial charge in [-0.1, -0.05) is 52.1 Å². The van der Waals surface area contributed by atoms with Crippen molar-refractivity contribution in [3.05, 3.63) is 24.3 Å². The molecule has 0 radical (unpaired) electrons. The smallest absolute Gasteiger partial charge is 0.238 e. The van der Waals surface area contributed by atoms with Crippen LogP contribution in [0, 0.1) is 0 Å². The molecule has 0 aliphatic carbocycles. The highest BCUT2D eigenvalue weighted by Gasteiger charge is 2.11. The van der Waals surface area contributed by atoms with Crippen LogP contribution in [-0.2, 0) is 10.0 Å². The van der Waals surface area contributed by atoms with Gasteiger partial charge in [-0.3, -0.25) is 0 Å². The molecule has 18 heavy (non-hydrogen) atoms. The Bertz CT molecular complexity index is 474. The third kappa shape index (κ3) is 5.17. The van der Waals surface area contributed by atoms with Crippen LogP contribution >= 0.6 is 45.2 Å². The van der Waals surface area contributed by atoms with Crippen LogP contribution in [0.2, 0.25) is 0 Å². The van der Waals surface area contributed by atoms with Gasteiger partial charge in [-0.15, -0.1) is 0 Å². The molecule has 1 aromatic rings. The van der Waals surface area contributed by atoms with Crippen LogP contribution in [0.3, 0.4) is 0 Å². The molecule has 0 amide bonds. The Labute approximate surface area is 136 Å². The number of benzene rings is 1. The van der Waals surface area contributed by atoms with Gasteiger partial charge < -0.3 is 4.90 Å². The number of nitrogens with two attached hydrogens (primary N) is 1. The number of hydrogen-bond acceptors (Lipinski definition) is 3. The Morgan fingerprint density at radius 2 is 1.89 bits per heavy atom. The Balaban J connectivity index is 2.93. The molecule has 1 rings (SSSR count). The van der Waals surface area contributed by atoms with E-state index in [1.807, 2.05) is 12.1 Å². The van der Waals surface area contributed by atoms with Crippen LogP contribution in [0.25, 0.3) is 0 Å². The summed E-state index contributed by atoms with van der Waals surface area (Å²) in [6.45, 7) is 4.04. The maximum atomic E-state index is 11.2. The molecule has 0 saturated carbocycles. The van der Waals surface area contributed by atoms with Gasteiger partial charge in [0.2, 0.25) is 10.0 Å². The SMILES string of the molecule is C[C@@H](I)CN(CCI)c1ccc(S(N)(=O)=O)cc1. The molecule has 2 N–H and O–H groups in total. The number of alkyl halides is 2. The fourth-order valence-electron chi connectivity index (χ4n) is 1.58. The third-order valence-corrected chi connectivity index (χ3v) is 4.16. The van der Waals surface area contributed by atoms with Gasteiger partial charge >= 0.3 is 0 Å². The molecule has 0 heterocycles. The van der Waals surface area contributed by atoms with Crippen molar-refractivity contribution in [2.75, 3.05) is 22.4 Å². The molecule has 102 valence electrons. The molecule has 0 bridgehead atoms. The van der Waals surface area contributed by atoms with Crippen molar-refractivity contribution in [1.82, 2.24) is 0 Å². The predicted octanol–water partition coefficient (Wildman–Crippen LogP) is 2.40. The van der Waals surface area contributed by atoms with Crippen LogP contribution in [0.15, 0.2) is 29.2 Å². The summed E-state index contributed by atoms with van der Waals surface area (Å²) in [6, 6.07) is 6.74. The second kappa shape index (κ2) is 7.25. The maximum Gasteiger partial charge on any atom is 0.238 e. The van der Waals surface area contributed by atoms with Gasteiger partial charge in [-0.05, 0) is 24.3 Å². The largest absolute Gasteiger partial charge is 0.370 e. The van der Waals surface area contributed by atoms with Crippen LogP contribution in [0.1, 0.15) is 6.92 Å². The van der Waals surface area contributed by atoms with E-state index in [0.717, 1.165) is 23.2 Å². The molecule has 0 aliphatic heterocycles. The van der Waals surface area contributed by atoms with Gasteiger partial charge in [-0.25, -0.2) is 13.6 Å². The van der Waals surface area contributed by atoms with Crippen molar-refractivity contribution < 1.29 is 8.42 Å². The van der Waals surface area contributed by atoms with E-state index in [2.05, 4.69) is 57.0 Å². The lowest BCUT2D eigenvalue weighted by atomic mass is 10.2. The molecule has 0 saturated heterocycles. The monoisotopic (exact) mass is 494 g/mol. The number of primary sulfonamides is 1. The minimum absolute atomic E-state index is 0.156. The number of hydrogen-bond donors (Lipinski definition) is 1. The minimum Gasteiger partial charge on any atom is -0.370 e. The van der Waals surface area contributed by atoms with E-state index < -0.39 is 10.0 Å². The molecule has 0 aromatic heterocycles. The molecular formula is C11H16I2N2O2S. The third-order valence-electron chi connectivity index (χ3n) is 2.36. The first-order valence-corrected chi connectivity index (χ1v) is 9.74. The number of sulfonamides is 1. The highest BCUT2D eigenvalue weighted by atomic mass is 127. The fourth-order valence-corrected chi connectivity index (χ4v) is 3.15. The highest BCUT2D eigenvalue weighted by molar-refractivity contribution is 14.1. The van der Waals surface area contributed by atoms with Crippen molar-refractivity contribution in [2.45, 2.75) is 15.7 Å². The Kier molecular flexibility index (Phi) is 6.62. The lowest BCUT2D eigenvalue weighted by Crippen LogP contribution is -2.30. The summed E-state index contributed by atoms with van der Waals surface area (Å²) in [5, 5.41) is 5.08. The quantitative estimate of drug-likeness (QED) is 0.489. The van der Waals surface area contributed by atoms with Crippen LogP contribution in [-0.4, -0.2) is 29.9 Å². The molecule has 0 unspecified atom stereocenters. The van der Waals surface area contributed by atoms with Gasteiger partial charge in [-0.2, -0.15) is 0 Å². The summed E-state index contributed by atoms with van der Waals surface area (Å²) >= 11 is 4.72. The van der Waals surface area contributed by atoms with Gasteiger partial charge in [0, 0.05) is 27.1 Å². The van der Waals surface area contributed by atoms with Crippen molar-refractivity contribution in [1.29, 1.82) is 0 Å². The highest BCUT2D eigenvalue weighted by Crippen LogP contribution is 2.19. The van der Waals surface area contributed by atoms with Crippen molar-refractivity contribution in [3.8, 4) is 0 Å². The zero-order valence-corrected chi connectivity index (χ0v) is 15.1. The first-order chi connectivity index (χ1) is 8.34. The van der Waals surface area contributed by atoms with Gasteiger partial charge in [0.05, 0.1) is 4.90 Å². The maximum absolute atomic E-state index is 11.2. The average Bonchev–Trinajstić information content (AvgIpc) is 2.27. The van der Waals surface area contributed by atoms with Crippen molar-refractivity contribution >= 4 is 60.9 Å². The summed E-state index contributed by atoms with van der Waals surface area (Å²) in [5.41, 5.74) is 1.03. The van der Waals surface area contributed by atoms with Gasteiger partial charge in [0.15, 0.2) is 0 Å². The number of halogens is 2. The Morgan fingerprint density at radius 1 is 1.33 bits per heavy atom. The lowest BCUT2D eigenvalue weighted by Gasteiger charge is -2.25. The predicted molar refractivity (Wildman–Crippen MR) is 92.4 cm³/mol. The van der Waals surface area contributed by atoms with Crippen molar-refractivity contribution in [2.24, 2.45) is 5.14 Å². The molecule has 1 atom stereocenters. The van der Waals surface area contributed by atoms with E-state index in [0.29, 0.717) is 3.92 Å². The fraction of sp³-hybridized carbons (Fsp3) is 0.455. The zero-order valence-electron chi connectivity index (χ0n) is 10.0. The lowest BCUT2D eigenvalue weighted by molar-refractivity contribution is 0.598. The molecule has 0 fully saturated rings. The summed E-state index contributed by atoms with van der Waals surface area (Å²) in [7, 11) is -3.60. The molecule has 0 spiro atoms. The molecule has 7 heteroatoms. The van der Waals surface area contributed by atoms with Gasteiger partial charge in [0.1, 0.15) is 0 Å². The standard InChI is InChI=1S/C11H16I2N2O2S/c1-9(13)8-15(7-6-12)10-2-4-11(5-3-10)18(14,16)17/h2-5,9H,6-8H2,1H3,(H2,14,16,17)/t9-/m1/s1. The molecular weight excluding hydrogens is 478 g/mol. The minimum atomic E-state index is -3.60. The van der Waals surface area contributed by atoms with E-state index in [1.165, 1.54) is 0 Å². The molecule has 4 nitrogen and oxygen atoms in total. The van der Waals surface area contributed by atoms with E-state index in [9.17, 15) is 8.42 Å². The first-order valence-electron chi connectivity index (χ1n) is 5.42.